The second-order valence-corrected chi connectivity index (χ2v) is 4.92. The van der Waals surface area contributed by atoms with E-state index in [1.165, 1.54) is 0 Å². The second-order valence-electron chi connectivity index (χ2n) is 3.93. The number of anilines is 1. The van der Waals surface area contributed by atoms with E-state index in [2.05, 4.69) is 11.6 Å². The van der Waals surface area contributed by atoms with Crippen molar-refractivity contribution in [1.29, 1.82) is 0 Å². The largest absolute Gasteiger partial charge is 0.478 e. The topological polar surface area (TPSA) is 49.3 Å². The van der Waals surface area contributed by atoms with E-state index in [1.807, 2.05) is 30.3 Å². The minimum Gasteiger partial charge on any atom is -0.478 e. The number of nitrogens with one attached hydrogen (secondary N) is 1. The third kappa shape index (κ3) is 2.59. The van der Waals surface area contributed by atoms with Gasteiger partial charge in [-0.1, -0.05) is 24.3 Å². The molecule has 0 bridgehead atoms. The molecule has 0 unspecified atom stereocenters. The molecule has 0 fully saturated rings. The molecule has 0 amide bonds. The number of hydrogen-bond acceptors (Lipinski definition) is 3. The highest BCUT2D eigenvalue weighted by Gasteiger charge is 2.10. The van der Waals surface area contributed by atoms with E-state index in [9.17, 15) is 4.79 Å². The van der Waals surface area contributed by atoms with Gasteiger partial charge in [-0.25, -0.2) is 4.79 Å². The van der Waals surface area contributed by atoms with Crippen LogP contribution in [0.1, 0.15) is 10.4 Å². The Balaban J connectivity index is 2.44. The lowest BCUT2D eigenvalue weighted by molar-refractivity contribution is 0.0699. The maximum absolute atomic E-state index is 11.2. The molecule has 0 heterocycles. The number of carbonyl (C=O) groups is 1. The van der Waals surface area contributed by atoms with Gasteiger partial charge in [0.1, 0.15) is 0 Å². The number of fused-ring (bicyclic) bond motifs is 1. The minimum atomic E-state index is -0.887. The Labute approximate surface area is 110 Å². The van der Waals surface area contributed by atoms with Gasteiger partial charge in [0.25, 0.3) is 0 Å². The number of rotatable bonds is 5. The van der Waals surface area contributed by atoms with Crippen LogP contribution in [-0.2, 0) is 0 Å². The molecule has 2 rings (SSSR count). The summed E-state index contributed by atoms with van der Waals surface area (Å²) in [5.74, 6) is 0.136. The molecule has 18 heavy (non-hydrogen) atoms. The zero-order valence-electron chi connectivity index (χ0n) is 10.1. The van der Waals surface area contributed by atoms with Crippen molar-refractivity contribution in [3.63, 3.8) is 0 Å². The van der Waals surface area contributed by atoms with Gasteiger partial charge in [0.15, 0.2) is 0 Å². The molecule has 0 radical (unpaired) electrons. The molecular weight excluding hydrogens is 246 g/mol. The molecule has 0 spiro atoms. The van der Waals surface area contributed by atoms with Gasteiger partial charge in [0.05, 0.1) is 5.56 Å². The Morgan fingerprint density at radius 2 is 1.94 bits per heavy atom. The smallest absolute Gasteiger partial charge is 0.336 e. The van der Waals surface area contributed by atoms with Crippen LogP contribution < -0.4 is 5.32 Å². The van der Waals surface area contributed by atoms with Gasteiger partial charge in [-0.05, 0) is 23.8 Å². The third-order valence-corrected chi connectivity index (χ3v) is 3.39. The van der Waals surface area contributed by atoms with Crippen molar-refractivity contribution in [2.24, 2.45) is 0 Å². The molecule has 2 aromatic carbocycles. The van der Waals surface area contributed by atoms with E-state index in [4.69, 9.17) is 5.11 Å². The van der Waals surface area contributed by atoms with E-state index in [-0.39, 0.29) is 0 Å². The summed E-state index contributed by atoms with van der Waals surface area (Å²) in [6.45, 7) is 0.873. The number of benzene rings is 2. The predicted octanol–water partition coefficient (Wildman–Crippen LogP) is 3.31. The minimum absolute atomic E-state index is 0.348. The van der Waals surface area contributed by atoms with E-state index >= 15 is 0 Å². The number of carboxylic acid groups (broad SMARTS) is 1. The SMILES string of the molecule is CSCCNc1ccc(C(=O)O)c2ccccc12. The van der Waals surface area contributed by atoms with E-state index in [0.29, 0.717) is 5.56 Å². The fraction of sp³-hybridized carbons (Fsp3) is 0.214. The summed E-state index contributed by atoms with van der Waals surface area (Å²) in [6, 6.07) is 11.1. The maximum atomic E-state index is 11.2. The van der Waals surface area contributed by atoms with Crippen molar-refractivity contribution in [3.8, 4) is 0 Å². The van der Waals surface area contributed by atoms with Crippen LogP contribution in [0.5, 0.6) is 0 Å². The van der Waals surface area contributed by atoms with Gasteiger partial charge in [-0.2, -0.15) is 11.8 Å². The maximum Gasteiger partial charge on any atom is 0.336 e. The molecule has 0 aromatic heterocycles. The Hall–Kier alpha value is -1.68. The van der Waals surface area contributed by atoms with Gasteiger partial charge in [-0.3, -0.25) is 0 Å². The third-order valence-electron chi connectivity index (χ3n) is 2.78. The van der Waals surface area contributed by atoms with Crippen LogP contribution in [0.4, 0.5) is 5.69 Å². The Bertz CT molecular complexity index is 569. The van der Waals surface area contributed by atoms with Crippen LogP contribution in [0.2, 0.25) is 0 Å². The van der Waals surface area contributed by atoms with Crippen LogP contribution in [0, 0.1) is 0 Å². The van der Waals surface area contributed by atoms with Crippen molar-refractivity contribution in [2.45, 2.75) is 0 Å². The summed E-state index contributed by atoms with van der Waals surface area (Å²) in [7, 11) is 0. The lowest BCUT2D eigenvalue weighted by atomic mass is 10.0. The van der Waals surface area contributed by atoms with Crippen molar-refractivity contribution >= 4 is 34.2 Å². The number of aromatic carboxylic acids is 1. The van der Waals surface area contributed by atoms with E-state index in [1.54, 1.807) is 17.8 Å². The Morgan fingerprint density at radius 1 is 1.22 bits per heavy atom. The van der Waals surface area contributed by atoms with Gasteiger partial charge >= 0.3 is 5.97 Å². The zero-order valence-corrected chi connectivity index (χ0v) is 11.0. The van der Waals surface area contributed by atoms with Gasteiger partial charge in [0, 0.05) is 23.4 Å². The highest BCUT2D eigenvalue weighted by Crippen LogP contribution is 2.26. The summed E-state index contributed by atoms with van der Waals surface area (Å²) in [5.41, 5.74) is 1.34. The highest BCUT2D eigenvalue weighted by molar-refractivity contribution is 7.98. The van der Waals surface area contributed by atoms with Crippen LogP contribution >= 0.6 is 11.8 Å². The lowest BCUT2D eigenvalue weighted by Crippen LogP contribution is -2.05. The van der Waals surface area contributed by atoms with Gasteiger partial charge in [0.2, 0.25) is 0 Å². The van der Waals surface area contributed by atoms with Crippen LogP contribution in [0.15, 0.2) is 36.4 Å². The van der Waals surface area contributed by atoms with Gasteiger partial charge in [-0.15, -0.1) is 0 Å². The van der Waals surface area contributed by atoms with Crippen molar-refractivity contribution < 1.29 is 9.90 Å². The number of thioether (sulfide) groups is 1. The average Bonchev–Trinajstić information content (AvgIpc) is 2.38. The molecule has 0 atom stereocenters. The summed E-state index contributed by atoms with van der Waals surface area (Å²) in [6.07, 6.45) is 2.06. The van der Waals surface area contributed by atoms with Crippen LogP contribution in [0.3, 0.4) is 0 Å². The first-order valence-corrected chi connectivity index (χ1v) is 7.11. The van der Waals surface area contributed by atoms with E-state index in [0.717, 1.165) is 28.8 Å². The first kappa shape index (κ1) is 12.8. The zero-order chi connectivity index (χ0) is 13.0. The molecule has 0 aliphatic rings. The summed E-state index contributed by atoms with van der Waals surface area (Å²) < 4.78 is 0. The summed E-state index contributed by atoms with van der Waals surface area (Å²) >= 11 is 1.78. The molecule has 2 N–H and O–H groups in total. The van der Waals surface area contributed by atoms with Crippen molar-refractivity contribution in [3.05, 3.63) is 42.0 Å². The Kier molecular flexibility index (Phi) is 4.10. The predicted molar refractivity (Wildman–Crippen MR) is 77.8 cm³/mol. The van der Waals surface area contributed by atoms with Crippen molar-refractivity contribution in [2.75, 3.05) is 23.9 Å². The molecule has 0 aliphatic carbocycles. The van der Waals surface area contributed by atoms with E-state index < -0.39 is 5.97 Å². The van der Waals surface area contributed by atoms with Crippen molar-refractivity contribution in [1.82, 2.24) is 0 Å². The quantitative estimate of drug-likeness (QED) is 0.811. The molecule has 3 nitrogen and oxygen atoms in total. The Morgan fingerprint density at radius 3 is 2.61 bits per heavy atom. The van der Waals surface area contributed by atoms with Gasteiger partial charge < -0.3 is 10.4 Å². The van der Waals surface area contributed by atoms with Crippen LogP contribution in [0.25, 0.3) is 10.8 Å². The van der Waals surface area contributed by atoms with Crippen LogP contribution in [-0.4, -0.2) is 29.6 Å². The highest BCUT2D eigenvalue weighted by atomic mass is 32.2. The summed E-state index contributed by atoms with van der Waals surface area (Å²) in [5, 5.41) is 14.2. The summed E-state index contributed by atoms with van der Waals surface area (Å²) in [4.78, 5) is 11.2. The lowest BCUT2D eigenvalue weighted by Gasteiger charge is -2.11. The molecule has 0 saturated heterocycles. The number of carboxylic acids is 1. The first-order valence-electron chi connectivity index (χ1n) is 5.72. The fourth-order valence-corrected chi connectivity index (χ4v) is 2.23. The molecule has 2 aromatic rings. The molecular formula is C14H15NO2S. The average molecular weight is 261 g/mol. The second kappa shape index (κ2) is 5.78. The molecule has 0 saturated carbocycles. The normalized spacial score (nSPS) is 10.5. The monoisotopic (exact) mass is 261 g/mol. The number of hydrogen-bond donors (Lipinski definition) is 2. The standard InChI is InChI=1S/C14H15NO2S/c1-18-9-8-15-13-7-6-12(14(16)17)10-4-2-3-5-11(10)13/h2-7,15H,8-9H2,1H3,(H,16,17). The first-order chi connectivity index (χ1) is 8.74. The molecule has 94 valence electrons. The molecule has 4 heteroatoms. The molecule has 0 aliphatic heterocycles. The fourth-order valence-electron chi connectivity index (χ4n) is 1.93.